The van der Waals surface area contributed by atoms with Crippen LogP contribution in [0.2, 0.25) is 0 Å². The summed E-state index contributed by atoms with van der Waals surface area (Å²) in [6.07, 6.45) is 4.06. The molecule has 0 amide bonds. The van der Waals surface area contributed by atoms with E-state index in [-0.39, 0.29) is 0 Å². The fraction of sp³-hybridized carbons (Fsp3) is 0.467. The van der Waals surface area contributed by atoms with E-state index in [1.807, 2.05) is 31.1 Å². The predicted octanol–water partition coefficient (Wildman–Crippen LogP) is 2.14. The molecule has 5 nitrogen and oxygen atoms in total. The van der Waals surface area contributed by atoms with Gasteiger partial charge in [0.1, 0.15) is 18.2 Å². The van der Waals surface area contributed by atoms with Gasteiger partial charge in [-0.05, 0) is 25.0 Å². The Morgan fingerprint density at radius 3 is 3.10 bits per heavy atom. The molecule has 3 rings (SSSR count). The van der Waals surface area contributed by atoms with Gasteiger partial charge in [0, 0.05) is 20.6 Å². The Morgan fingerprint density at radius 1 is 1.50 bits per heavy atom. The number of benzene rings is 1. The number of ether oxygens (including phenoxy) is 1. The van der Waals surface area contributed by atoms with Gasteiger partial charge >= 0.3 is 0 Å². The number of rotatable bonds is 2. The lowest BCUT2D eigenvalue weighted by Gasteiger charge is -2.34. The van der Waals surface area contributed by atoms with Crippen molar-refractivity contribution >= 4 is 17.7 Å². The summed E-state index contributed by atoms with van der Waals surface area (Å²) < 4.78 is 5.86. The normalized spacial score (nSPS) is 20.2. The summed E-state index contributed by atoms with van der Waals surface area (Å²) in [7, 11) is 3.80. The van der Waals surface area contributed by atoms with Crippen LogP contribution in [0.4, 0.5) is 11.4 Å². The van der Waals surface area contributed by atoms with Crippen LogP contribution in [0.1, 0.15) is 18.4 Å². The maximum Gasteiger partial charge on any atom is 0.162 e. The Kier molecular flexibility index (Phi) is 3.23. The van der Waals surface area contributed by atoms with Crippen LogP contribution in [0, 0.1) is 11.3 Å². The summed E-state index contributed by atoms with van der Waals surface area (Å²) in [5.74, 6) is 0.694. The van der Waals surface area contributed by atoms with Crippen LogP contribution in [-0.2, 0) is 0 Å². The Bertz CT molecular complexity index is 588. The molecule has 0 N–H and O–H groups in total. The van der Waals surface area contributed by atoms with Crippen molar-refractivity contribution < 1.29 is 4.74 Å². The number of nitrogens with zero attached hydrogens (tertiary/aromatic N) is 4. The van der Waals surface area contributed by atoms with Crippen LogP contribution in [0.15, 0.2) is 17.1 Å². The number of anilines is 1. The van der Waals surface area contributed by atoms with Crippen LogP contribution in [0.25, 0.3) is 0 Å². The number of aliphatic imine (C=N–C) groups is 1. The first kappa shape index (κ1) is 12.8. The van der Waals surface area contributed by atoms with Gasteiger partial charge < -0.3 is 14.5 Å². The van der Waals surface area contributed by atoms with Crippen molar-refractivity contribution in [2.24, 2.45) is 4.99 Å². The first-order chi connectivity index (χ1) is 9.70. The molecule has 1 atom stereocenters. The molecule has 2 heterocycles. The van der Waals surface area contributed by atoms with E-state index in [1.165, 1.54) is 12.8 Å². The van der Waals surface area contributed by atoms with Crippen molar-refractivity contribution in [3.63, 3.8) is 0 Å². The molecule has 2 aliphatic rings. The molecule has 1 aromatic rings. The fourth-order valence-corrected chi connectivity index (χ4v) is 2.83. The first-order valence-corrected chi connectivity index (χ1v) is 6.88. The van der Waals surface area contributed by atoms with Crippen LogP contribution in [-0.4, -0.2) is 44.5 Å². The van der Waals surface area contributed by atoms with E-state index < -0.39 is 0 Å². The van der Waals surface area contributed by atoms with E-state index in [9.17, 15) is 5.26 Å². The minimum Gasteiger partial charge on any atom is -0.488 e. The van der Waals surface area contributed by atoms with Gasteiger partial charge in [-0.3, -0.25) is 0 Å². The zero-order chi connectivity index (χ0) is 14.1. The molecule has 0 aliphatic carbocycles. The smallest absolute Gasteiger partial charge is 0.162 e. The molecule has 5 heteroatoms. The average Bonchev–Trinajstić information content (AvgIpc) is 2.92. The van der Waals surface area contributed by atoms with E-state index in [0.29, 0.717) is 29.6 Å². The lowest BCUT2D eigenvalue weighted by molar-refractivity contribution is 0.271. The highest BCUT2D eigenvalue weighted by Gasteiger charge is 2.33. The molecule has 0 radical (unpaired) electrons. The molecular formula is C15H18N4O. The molecule has 0 saturated carbocycles. The Labute approximate surface area is 119 Å². The molecule has 1 aromatic carbocycles. The lowest BCUT2D eigenvalue weighted by Crippen LogP contribution is -2.38. The summed E-state index contributed by atoms with van der Waals surface area (Å²) in [5, 5.41) is 9.44. The van der Waals surface area contributed by atoms with Gasteiger partial charge in [-0.1, -0.05) is 0 Å². The highest BCUT2D eigenvalue weighted by atomic mass is 16.5. The molecule has 1 saturated heterocycles. The van der Waals surface area contributed by atoms with E-state index in [4.69, 9.17) is 4.74 Å². The van der Waals surface area contributed by atoms with Gasteiger partial charge in [-0.25, -0.2) is 4.99 Å². The SMILES string of the molecule is CN(C)C=Nc1ccc2c(c1C#N)OC[C@H]1CCCN21. The molecule has 0 aromatic heterocycles. The van der Waals surface area contributed by atoms with Gasteiger partial charge in [-0.15, -0.1) is 0 Å². The Hall–Kier alpha value is -2.22. The van der Waals surface area contributed by atoms with Crippen LogP contribution in [0.5, 0.6) is 5.75 Å². The van der Waals surface area contributed by atoms with Gasteiger partial charge in [0.05, 0.1) is 23.8 Å². The third-order valence-electron chi connectivity index (χ3n) is 3.76. The summed E-state index contributed by atoms with van der Waals surface area (Å²) in [4.78, 5) is 8.56. The molecule has 104 valence electrons. The summed E-state index contributed by atoms with van der Waals surface area (Å²) in [6.45, 7) is 1.72. The Morgan fingerprint density at radius 2 is 2.35 bits per heavy atom. The standard InChI is InChI=1S/C15H18N4O/c1-18(2)10-17-13-5-6-14-15(12(13)8-16)20-9-11-4-3-7-19(11)14/h5-6,10-11H,3-4,7,9H2,1-2H3/t11-/m1/s1. The highest BCUT2D eigenvalue weighted by Crippen LogP contribution is 2.43. The third-order valence-corrected chi connectivity index (χ3v) is 3.76. The minimum atomic E-state index is 0.463. The molecule has 1 fully saturated rings. The van der Waals surface area contributed by atoms with Crippen LogP contribution in [0.3, 0.4) is 0 Å². The summed E-state index contributed by atoms with van der Waals surface area (Å²) in [6, 6.07) is 6.63. The fourth-order valence-electron chi connectivity index (χ4n) is 2.83. The highest BCUT2D eigenvalue weighted by molar-refractivity contribution is 5.76. The van der Waals surface area contributed by atoms with E-state index in [2.05, 4.69) is 16.0 Å². The van der Waals surface area contributed by atoms with Gasteiger partial charge in [0.2, 0.25) is 0 Å². The summed E-state index contributed by atoms with van der Waals surface area (Å²) >= 11 is 0. The number of hydrogen-bond donors (Lipinski definition) is 0. The average molecular weight is 270 g/mol. The number of nitriles is 1. The van der Waals surface area contributed by atoms with Gasteiger partial charge in [-0.2, -0.15) is 5.26 Å². The number of hydrogen-bond acceptors (Lipinski definition) is 4. The van der Waals surface area contributed by atoms with Crippen LogP contribution < -0.4 is 9.64 Å². The molecule has 0 unspecified atom stereocenters. The maximum absolute atomic E-state index is 9.44. The van der Waals surface area contributed by atoms with E-state index in [0.717, 1.165) is 12.2 Å². The van der Waals surface area contributed by atoms with Crippen molar-refractivity contribution in [2.45, 2.75) is 18.9 Å². The van der Waals surface area contributed by atoms with Crippen LogP contribution >= 0.6 is 0 Å². The predicted molar refractivity (Wildman–Crippen MR) is 78.9 cm³/mol. The molecule has 0 spiro atoms. The molecule has 2 aliphatic heterocycles. The molecular weight excluding hydrogens is 252 g/mol. The van der Waals surface area contributed by atoms with Gasteiger partial charge in [0.15, 0.2) is 5.75 Å². The largest absolute Gasteiger partial charge is 0.488 e. The Balaban J connectivity index is 2.04. The molecule has 0 bridgehead atoms. The van der Waals surface area contributed by atoms with Crippen molar-refractivity contribution in [2.75, 3.05) is 32.1 Å². The zero-order valence-corrected chi connectivity index (χ0v) is 11.8. The maximum atomic E-state index is 9.44. The second-order valence-electron chi connectivity index (χ2n) is 5.43. The second kappa shape index (κ2) is 5.04. The van der Waals surface area contributed by atoms with E-state index in [1.54, 1.807) is 6.34 Å². The topological polar surface area (TPSA) is 51.9 Å². The lowest BCUT2D eigenvalue weighted by atomic mass is 10.1. The second-order valence-corrected chi connectivity index (χ2v) is 5.43. The minimum absolute atomic E-state index is 0.463. The monoisotopic (exact) mass is 270 g/mol. The summed E-state index contributed by atoms with van der Waals surface area (Å²) in [5.41, 5.74) is 2.24. The van der Waals surface area contributed by atoms with Crippen molar-refractivity contribution in [1.82, 2.24) is 4.90 Å². The zero-order valence-electron chi connectivity index (χ0n) is 11.8. The molecule has 20 heavy (non-hydrogen) atoms. The third kappa shape index (κ3) is 2.07. The van der Waals surface area contributed by atoms with Crippen molar-refractivity contribution in [3.8, 4) is 11.8 Å². The van der Waals surface area contributed by atoms with Crippen molar-refractivity contribution in [1.29, 1.82) is 5.26 Å². The van der Waals surface area contributed by atoms with Gasteiger partial charge in [0.25, 0.3) is 0 Å². The van der Waals surface area contributed by atoms with E-state index >= 15 is 0 Å². The number of fused-ring (bicyclic) bond motifs is 3. The quantitative estimate of drug-likeness (QED) is 0.610. The first-order valence-electron chi connectivity index (χ1n) is 6.88. The van der Waals surface area contributed by atoms with Crippen molar-refractivity contribution in [3.05, 3.63) is 17.7 Å².